The van der Waals surface area contributed by atoms with Crippen LogP contribution < -0.4 is 0 Å². The van der Waals surface area contributed by atoms with Gasteiger partial charge in [-0.1, -0.05) is 12.1 Å². The highest BCUT2D eigenvalue weighted by Gasteiger charge is 2.12. The molecule has 0 fully saturated rings. The number of benzene rings is 2. The number of halogens is 2. The third kappa shape index (κ3) is 2.03. The molecular formula is C16H12F2N2. The van der Waals surface area contributed by atoms with Gasteiger partial charge >= 0.3 is 0 Å². The Balaban J connectivity index is 2.22. The van der Waals surface area contributed by atoms with Crippen LogP contribution in [0.2, 0.25) is 0 Å². The van der Waals surface area contributed by atoms with Gasteiger partial charge in [-0.2, -0.15) is 0 Å². The Morgan fingerprint density at radius 3 is 2.30 bits per heavy atom. The van der Waals surface area contributed by atoms with Crippen LogP contribution in [0.3, 0.4) is 0 Å². The van der Waals surface area contributed by atoms with Crippen LogP contribution >= 0.6 is 0 Å². The fourth-order valence-electron chi connectivity index (χ4n) is 2.14. The molecule has 0 aliphatic heterocycles. The van der Waals surface area contributed by atoms with Crippen molar-refractivity contribution in [2.45, 2.75) is 13.8 Å². The normalized spacial score (nSPS) is 11.0. The summed E-state index contributed by atoms with van der Waals surface area (Å²) in [7, 11) is 0. The van der Waals surface area contributed by atoms with Gasteiger partial charge in [0.25, 0.3) is 0 Å². The molecule has 2 nitrogen and oxygen atoms in total. The Bertz CT molecular complexity index is 796. The first-order valence-corrected chi connectivity index (χ1v) is 6.23. The Morgan fingerprint density at radius 1 is 0.900 bits per heavy atom. The maximum absolute atomic E-state index is 14.0. The zero-order chi connectivity index (χ0) is 14.3. The number of rotatable bonds is 1. The highest BCUT2D eigenvalue weighted by atomic mass is 19.2. The van der Waals surface area contributed by atoms with E-state index in [0.29, 0.717) is 22.3 Å². The molecule has 0 saturated carbocycles. The molecule has 0 unspecified atom stereocenters. The smallest absolute Gasteiger partial charge is 0.166 e. The van der Waals surface area contributed by atoms with Gasteiger partial charge in [0.1, 0.15) is 0 Å². The van der Waals surface area contributed by atoms with E-state index in [1.807, 2.05) is 13.0 Å². The molecule has 100 valence electrons. The first kappa shape index (κ1) is 12.7. The van der Waals surface area contributed by atoms with Gasteiger partial charge in [-0.3, -0.25) is 0 Å². The van der Waals surface area contributed by atoms with Gasteiger partial charge in [0.2, 0.25) is 0 Å². The van der Waals surface area contributed by atoms with E-state index >= 15 is 0 Å². The lowest BCUT2D eigenvalue weighted by atomic mass is 10.0. The van der Waals surface area contributed by atoms with Crippen molar-refractivity contribution >= 4 is 10.8 Å². The molecule has 20 heavy (non-hydrogen) atoms. The first-order chi connectivity index (χ1) is 9.56. The summed E-state index contributed by atoms with van der Waals surface area (Å²) in [4.78, 5) is 8.40. The Morgan fingerprint density at radius 2 is 1.60 bits per heavy atom. The summed E-state index contributed by atoms with van der Waals surface area (Å²) in [6, 6.07) is 6.78. The minimum absolute atomic E-state index is 0.245. The fourth-order valence-corrected chi connectivity index (χ4v) is 2.14. The number of hydrogen-bond acceptors (Lipinski definition) is 2. The van der Waals surface area contributed by atoms with Gasteiger partial charge in [-0.15, -0.1) is 0 Å². The Kier molecular flexibility index (Phi) is 2.93. The van der Waals surface area contributed by atoms with Crippen molar-refractivity contribution in [3.8, 4) is 11.4 Å². The van der Waals surface area contributed by atoms with Gasteiger partial charge < -0.3 is 0 Å². The highest BCUT2D eigenvalue weighted by Crippen LogP contribution is 2.27. The molecule has 1 aromatic heterocycles. The minimum atomic E-state index is -0.825. The molecule has 3 rings (SSSR count). The van der Waals surface area contributed by atoms with Crippen LogP contribution in [0.1, 0.15) is 11.1 Å². The average molecular weight is 270 g/mol. The monoisotopic (exact) mass is 270 g/mol. The lowest BCUT2D eigenvalue weighted by Gasteiger charge is -2.06. The van der Waals surface area contributed by atoms with Crippen molar-refractivity contribution in [2.24, 2.45) is 0 Å². The third-order valence-corrected chi connectivity index (χ3v) is 3.24. The summed E-state index contributed by atoms with van der Waals surface area (Å²) in [5.74, 6) is -1.13. The number of nitrogens with zero attached hydrogens (tertiary/aromatic N) is 2. The van der Waals surface area contributed by atoms with Gasteiger partial charge in [0.05, 0.1) is 0 Å². The first-order valence-electron chi connectivity index (χ1n) is 6.23. The van der Waals surface area contributed by atoms with Crippen LogP contribution in [0.5, 0.6) is 0 Å². The van der Waals surface area contributed by atoms with E-state index in [-0.39, 0.29) is 5.39 Å². The van der Waals surface area contributed by atoms with E-state index < -0.39 is 11.6 Å². The summed E-state index contributed by atoms with van der Waals surface area (Å²) < 4.78 is 27.6. The lowest BCUT2D eigenvalue weighted by molar-refractivity contribution is 0.511. The molecule has 0 aliphatic carbocycles. The maximum Gasteiger partial charge on any atom is 0.166 e. The highest BCUT2D eigenvalue weighted by molar-refractivity contribution is 5.87. The molecule has 0 aliphatic rings. The zero-order valence-corrected chi connectivity index (χ0v) is 11.1. The van der Waals surface area contributed by atoms with E-state index in [1.54, 1.807) is 37.5 Å². The molecule has 0 amide bonds. The predicted molar refractivity (Wildman–Crippen MR) is 74.4 cm³/mol. The van der Waals surface area contributed by atoms with E-state index in [2.05, 4.69) is 9.97 Å². The van der Waals surface area contributed by atoms with Crippen LogP contribution in [0.25, 0.3) is 22.2 Å². The summed E-state index contributed by atoms with van der Waals surface area (Å²) in [5, 5.41) is 0.909. The van der Waals surface area contributed by atoms with Crippen LogP contribution in [-0.4, -0.2) is 9.97 Å². The van der Waals surface area contributed by atoms with E-state index in [9.17, 15) is 8.78 Å². The van der Waals surface area contributed by atoms with Crippen LogP contribution in [0.4, 0.5) is 8.78 Å². The second kappa shape index (κ2) is 4.63. The van der Waals surface area contributed by atoms with Gasteiger partial charge in [0, 0.05) is 23.3 Å². The predicted octanol–water partition coefficient (Wildman–Crippen LogP) is 4.19. The summed E-state index contributed by atoms with van der Waals surface area (Å²) >= 11 is 0. The topological polar surface area (TPSA) is 25.8 Å². The second-order valence-corrected chi connectivity index (χ2v) is 4.84. The van der Waals surface area contributed by atoms with E-state index in [1.165, 1.54) is 0 Å². The minimum Gasteiger partial charge on any atom is -0.236 e. The SMILES string of the molecule is Cc1cnc(-c2ccc3cc(C)c(F)c(F)c3c2)nc1. The maximum atomic E-state index is 14.0. The van der Waals surface area contributed by atoms with Crippen LogP contribution in [-0.2, 0) is 0 Å². The van der Waals surface area contributed by atoms with E-state index in [4.69, 9.17) is 0 Å². The fraction of sp³-hybridized carbons (Fsp3) is 0.125. The van der Waals surface area contributed by atoms with Crippen molar-refractivity contribution in [1.82, 2.24) is 9.97 Å². The molecular weight excluding hydrogens is 258 g/mol. The van der Waals surface area contributed by atoms with Gasteiger partial charge in [0.15, 0.2) is 17.5 Å². The quantitative estimate of drug-likeness (QED) is 0.662. The van der Waals surface area contributed by atoms with Gasteiger partial charge in [-0.05, 0) is 42.5 Å². The molecule has 0 N–H and O–H groups in total. The molecule has 1 heterocycles. The lowest BCUT2D eigenvalue weighted by Crippen LogP contribution is -1.93. The van der Waals surface area contributed by atoms with Crippen molar-refractivity contribution in [2.75, 3.05) is 0 Å². The third-order valence-electron chi connectivity index (χ3n) is 3.24. The summed E-state index contributed by atoms with van der Waals surface area (Å²) in [6.45, 7) is 3.44. The molecule has 0 saturated heterocycles. The molecule has 3 aromatic rings. The molecule has 0 radical (unpaired) electrons. The number of aryl methyl sites for hydroxylation is 2. The molecule has 4 heteroatoms. The van der Waals surface area contributed by atoms with Crippen LogP contribution in [0, 0.1) is 25.5 Å². The van der Waals surface area contributed by atoms with Crippen molar-refractivity contribution in [1.29, 1.82) is 0 Å². The van der Waals surface area contributed by atoms with Crippen molar-refractivity contribution in [3.05, 3.63) is 59.4 Å². The number of fused-ring (bicyclic) bond motifs is 1. The molecule has 0 atom stereocenters. The average Bonchev–Trinajstić information content (AvgIpc) is 2.46. The van der Waals surface area contributed by atoms with E-state index in [0.717, 1.165) is 5.56 Å². The molecule has 0 bridgehead atoms. The largest absolute Gasteiger partial charge is 0.236 e. The molecule has 2 aromatic carbocycles. The summed E-state index contributed by atoms with van der Waals surface area (Å²) in [5.41, 5.74) is 1.91. The zero-order valence-electron chi connectivity index (χ0n) is 11.1. The van der Waals surface area contributed by atoms with Crippen molar-refractivity contribution < 1.29 is 8.78 Å². The Labute approximate surface area is 115 Å². The number of aromatic nitrogens is 2. The standard InChI is InChI=1S/C16H12F2N2/c1-9-7-19-16(20-8-9)12-4-3-11-5-10(2)14(17)15(18)13(11)6-12/h3-8H,1-2H3. The summed E-state index contributed by atoms with van der Waals surface area (Å²) in [6.07, 6.45) is 3.39. The second-order valence-electron chi connectivity index (χ2n) is 4.84. The molecule has 0 spiro atoms. The number of hydrogen-bond donors (Lipinski definition) is 0. The van der Waals surface area contributed by atoms with Crippen molar-refractivity contribution in [3.63, 3.8) is 0 Å². The van der Waals surface area contributed by atoms with Gasteiger partial charge in [-0.25, -0.2) is 18.7 Å². The Hall–Kier alpha value is -2.36. The van der Waals surface area contributed by atoms with Crippen LogP contribution in [0.15, 0.2) is 36.7 Å².